The first-order chi connectivity index (χ1) is 12.5. The molecule has 0 spiro atoms. The van der Waals surface area contributed by atoms with Gasteiger partial charge < -0.3 is 15.3 Å². The van der Waals surface area contributed by atoms with Crippen LogP contribution in [0.3, 0.4) is 0 Å². The first-order valence-electron chi connectivity index (χ1n) is 9.21. The average Bonchev–Trinajstić information content (AvgIpc) is 2.66. The predicted molar refractivity (Wildman–Crippen MR) is 97.3 cm³/mol. The first kappa shape index (κ1) is 18.2. The molecule has 140 valence electrons. The van der Waals surface area contributed by atoms with Crippen LogP contribution in [0.4, 0.5) is 10.5 Å². The van der Waals surface area contributed by atoms with Crippen LogP contribution in [0.1, 0.15) is 42.5 Å². The molecule has 0 aromatic heterocycles. The number of carboxylic acids is 1. The fraction of sp³-hybridized carbons (Fsp3) is 0.526. The highest BCUT2D eigenvalue weighted by atomic mass is 16.4. The zero-order chi connectivity index (χ0) is 18.5. The van der Waals surface area contributed by atoms with Crippen molar-refractivity contribution < 1.29 is 19.5 Å². The van der Waals surface area contributed by atoms with Crippen molar-refractivity contribution in [3.63, 3.8) is 0 Å². The highest BCUT2D eigenvalue weighted by Gasteiger charge is 2.26. The van der Waals surface area contributed by atoms with E-state index >= 15 is 0 Å². The number of hydrogen-bond acceptors (Lipinski definition) is 3. The van der Waals surface area contributed by atoms with E-state index in [-0.39, 0.29) is 24.3 Å². The molecule has 7 heteroatoms. The summed E-state index contributed by atoms with van der Waals surface area (Å²) in [6.45, 7) is 2.61. The van der Waals surface area contributed by atoms with Gasteiger partial charge in [-0.25, -0.2) is 4.79 Å². The summed E-state index contributed by atoms with van der Waals surface area (Å²) in [6, 6.07) is 7.06. The van der Waals surface area contributed by atoms with E-state index in [0.717, 1.165) is 24.9 Å². The molecule has 0 saturated carbocycles. The first-order valence-corrected chi connectivity index (χ1v) is 9.21. The van der Waals surface area contributed by atoms with Gasteiger partial charge in [0.15, 0.2) is 0 Å². The van der Waals surface area contributed by atoms with Gasteiger partial charge in [0, 0.05) is 43.9 Å². The maximum atomic E-state index is 12.9. The van der Waals surface area contributed by atoms with Gasteiger partial charge >= 0.3 is 12.0 Å². The Balaban J connectivity index is 1.68. The minimum absolute atomic E-state index is 0.0516. The molecule has 2 saturated heterocycles. The molecule has 1 aromatic carbocycles. The number of carbonyl (C=O) groups excluding carboxylic acids is 2. The molecule has 3 rings (SSSR count). The van der Waals surface area contributed by atoms with Crippen LogP contribution in [0.2, 0.25) is 0 Å². The fourth-order valence-electron chi connectivity index (χ4n) is 3.68. The molecule has 2 fully saturated rings. The monoisotopic (exact) mass is 359 g/mol. The molecule has 1 atom stereocenters. The Hall–Kier alpha value is -2.57. The van der Waals surface area contributed by atoms with Gasteiger partial charge in [-0.15, -0.1) is 0 Å². The van der Waals surface area contributed by atoms with Crippen molar-refractivity contribution in [1.82, 2.24) is 10.2 Å². The van der Waals surface area contributed by atoms with Crippen LogP contribution >= 0.6 is 0 Å². The van der Waals surface area contributed by atoms with E-state index in [4.69, 9.17) is 5.11 Å². The van der Waals surface area contributed by atoms with Crippen molar-refractivity contribution in [3.8, 4) is 0 Å². The number of piperidine rings is 1. The summed E-state index contributed by atoms with van der Waals surface area (Å²) in [6.07, 6.45) is 3.48. The zero-order valence-electron chi connectivity index (χ0n) is 14.8. The lowest BCUT2D eigenvalue weighted by molar-refractivity contribution is -0.137. The lowest BCUT2D eigenvalue weighted by atomic mass is 9.93. The number of amides is 3. The largest absolute Gasteiger partial charge is 0.481 e. The summed E-state index contributed by atoms with van der Waals surface area (Å²) in [5.74, 6) is -0.606. The van der Waals surface area contributed by atoms with Crippen LogP contribution in [0.25, 0.3) is 0 Å². The van der Waals surface area contributed by atoms with Gasteiger partial charge in [-0.2, -0.15) is 0 Å². The van der Waals surface area contributed by atoms with E-state index < -0.39 is 5.97 Å². The number of carbonyl (C=O) groups is 3. The number of benzene rings is 1. The number of urea groups is 1. The van der Waals surface area contributed by atoms with Gasteiger partial charge in [-0.05, 0) is 49.8 Å². The second-order valence-corrected chi connectivity index (χ2v) is 6.98. The molecule has 0 radical (unpaired) electrons. The predicted octanol–water partition coefficient (Wildman–Crippen LogP) is 2.32. The molecule has 7 nitrogen and oxygen atoms in total. The third-order valence-corrected chi connectivity index (χ3v) is 5.06. The number of nitrogens with one attached hydrogen (secondary N) is 1. The molecule has 2 aliphatic heterocycles. The van der Waals surface area contributed by atoms with E-state index in [1.165, 1.54) is 0 Å². The number of hydrogen-bond donors (Lipinski definition) is 2. The minimum Gasteiger partial charge on any atom is -0.481 e. The molecular weight excluding hydrogens is 334 g/mol. The van der Waals surface area contributed by atoms with Gasteiger partial charge in [0.2, 0.25) is 0 Å². The Morgan fingerprint density at radius 2 is 2.08 bits per heavy atom. The van der Waals surface area contributed by atoms with Crippen LogP contribution in [0.5, 0.6) is 0 Å². The quantitative estimate of drug-likeness (QED) is 0.844. The van der Waals surface area contributed by atoms with E-state index in [2.05, 4.69) is 5.32 Å². The average molecular weight is 359 g/mol. The normalized spacial score (nSPS) is 20.6. The van der Waals surface area contributed by atoms with Crippen molar-refractivity contribution in [1.29, 1.82) is 0 Å². The summed E-state index contributed by atoms with van der Waals surface area (Å²) in [4.78, 5) is 39.2. The number of rotatable bonds is 5. The van der Waals surface area contributed by atoms with E-state index in [1.54, 1.807) is 23.1 Å². The summed E-state index contributed by atoms with van der Waals surface area (Å²) in [7, 11) is 0. The Morgan fingerprint density at radius 1 is 1.23 bits per heavy atom. The summed E-state index contributed by atoms with van der Waals surface area (Å²) >= 11 is 0. The Bertz CT molecular complexity index is 691. The lowest BCUT2D eigenvalue weighted by Gasteiger charge is -2.33. The summed E-state index contributed by atoms with van der Waals surface area (Å²) in [5.41, 5.74) is 1.30. The number of aliphatic carboxylic acids is 1. The lowest BCUT2D eigenvalue weighted by Crippen LogP contribution is -2.46. The van der Waals surface area contributed by atoms with E-state index in [0.29, 0.717) is 38.2 Å². The fourth-order valence-corrected chi connectivity index (χ4v) is 3.68. The molecule has 1 unspecified atom stereocenters. The second-order valence-electron chi connectivity index (χ2n) is 6.98. The minimum atomic E-state index is -0.791. The third kappa shape index (κ3) is 4.33. The van der Waals surface area contributed by atoms with Gasteiger partial charge in [-0.1, -0.05) is 6.07 Å². The molecule has 2 N–H and O–H groups in total. The summed E-state index contributed by atoms with van der Waals surface area (Å²) in [5, 5.41) is 11.7. The van der Waals surface area contributed by atoms with Crippen molar-refractivity contribution in [3.05, 3.63) is 29.8 Å². The van der Waals surface area contributed by atoms with Gasteiger partial charge in [-0.3, -0.25) is 14.5 Å². The standard InChI is InChI=1S/C19H25N3O4/c23-17(24)8-7-14-4-2-10-21(13-14)18(25)15-5-1-6-16(12-15)22-11-3-9-20-19(22)26/h1,5-6,12,14H,2-4,7-11,13H2,(H,20,26)(H,23,24). The Labute approximate surface area is 153 Å². The van der Waals surface area contributed by atoms with Crippen molar-refractivity contribution in [2.24, 2.45) is 5.92 Å². The number of nitrogens with zero attached hydrogens (tertiary/aromatic N) is 2. The van der Waals surface area contributed by atoms with Gasteiger partial charge in [0.1, 0.15) is 0 Å². The molecule has 1 aromatic rings. The molecule has 2 aliphatic rings. The van der Waals surface area contributed by atoms with Crippen LogP contribution in [-0.2, 0) is 4.79 Å². The van der Waals surface area contributed by atoms with E-state index in [1.807, 2.05) is 11.0 Å². The second kappa shape index (κ2) is 8.21. The van der Waals surface area contributed by atoms with E-state index in [9.17, 15) is 14.4 Å². The number of anilines is 1. The molecular formula is C19H25N3O4. The van der Waals surface area contributed by atoms with Gasteiger partial charge in [0.05, 0.1) is 0 Å². The number of carboxylic acid groups (broad SMARTS) is 1. The molecule has 0 bridgehead atoms. The third-order valence-electron chi connectivity index (χ3n) is 5.06. The molecule has 26 heavy (non-hydrogen) atoms. The maximum Gasteiger partial charge on any atom is 0.321 e. The van der Waals surface area contributed by atoms with Crippen LogP contribution in [0, 0.1) is 5.92 Å². The molecule has 0 aliphatic carbocycles. The SMILES string of the molecule is O=C(O)CCC1CCCN(C(=O)c2cccc(N3CCCNC3=O)c2)C1. The van der Waals surface area contributed by atoms with Crippen LogP contribution in [-0.4, -0.2) is 54.1 Å². The molecule has 3 amide bonds. The van der Waals surface area contributed by atoms with Crippen molar-refractivity contribution >= 4 is 23.6 Å². The van der Waals surface area contributed by atoms with Crippen molar-refractivity contribution in [2.75, 3.05) is 31.1 Å². The van der Waals surface area contributed by atoms with Gasteiger partial charge in [0.25, 0.3) is 5.91 Å². The van der Waals surface area contributed by atoms with Crippen LogP contribution in [0.15, 0.2) is 24.3 Å². The maximum absolute atomic E-state index is 12.9. The zero-order valence-corrected chi connectivity index (χ0v) is 14.8. The highest BCUT2D eigenvalue weighted by molar-refractivity contribution is 5.98. The topological polar surface area (TPSA) is 89.9 Å². The number of likely N-dealkylation sites (tertiary alicyclic amines) is 1. The summed E-state index contributed by atoms with van der Waals surface area (Å²) < 4.78 is 0. The van der Waals surface area contributed by atoms with Crippen LogP contribution < -0.4 is 10.2 Å². The highest BCUT2D eigenvalue weighted by Crippen LogP contribution is 2.24. The van der Waals surface area contributed by atoms with Crippen molar-refractivity contribution in [2.45, 2.75) is 32.1 Å². The Kier molecular flexibility index (Phi) is 5.75. The Morgan fingerprint density at radius 3 is 2.85 bits per heavy atom. The molecule has 2 heterocycles. The smallest absolute Gasteiger partial charge is 0.321 e.